The summed E-state index contributed by atoms with van der Waals surface area (Å²) in [4.78, 5) is 34.0. The van der Waals surface area contributed by atoms with E-state index in [2.05, 4.69) is 25.5 Å². The molecule has 186 valence electrons. The van der Waals surface area contributed by atoms with Crippen molar-refractivity contribution in [3.8, 4) is 17.1 Å². The summed E-state index contributed by atoms with van der Waals surface area (Å²) < 4.78 is 46.0. The number of rotatable bonds is 6. The van der Waals surface area contributed by atoms with Crippen LogP contribution in [0.2, 0.25) is 0 Å². The number of carbonyl (C=O) groups excluding carboxylic acids is 1. The number of nitrogens with one attached hydrogen (secondary N) is 1. The Morgan fingerprint density at radius 2 is 1.92 bits per heavy atom. The molecule has 1 N–H and O–H groups in total. The lowest BCUT2D eigenvalue weighted by Gasteiger charge is -2.19. The van der Waals surface area contributed by atoms with Crippen molar-refractivity contribution in [2.24, 2.45) is 5.92 Å². The molecule has 3 aromatic heterocycles. The van der Waals surface area contributed by atoms with Crippen LogP contribution in [0.3, 0.4) is 0 Å². The van der Waals surface area contributed by atoms with Gasteiger partial charge in [0.25, 0.3) is 5.91 Å². The zero-order chi connectivity index (χ0) is 26.0. The highest BCUT2D eigenvalue weighted by molar-refractivity contribution is 5.92. The highest BCUT2D eigenvalue weighted by atomic mass is 19.4. The van der Waals surface area contributed by atoms with Gasteiger partial charge in [0.15, 0.2) is 5.69 Å². The third-order valence-corrected chi connectivity index (χ3v) is 5.32. The van der Waals surface area contributed by atoms with Gasteiger partial charge in [-0.2, -0.15) is 23.3 Å². The number of pyridine rings is 1. The maximum atomic E-state index is 13.2. The van der Waals surface area contributed by atoms with Gasteiger partial charge in [-0.1, -0.05) is 25.1 Å². The molecule has 1 amide bonds. The fourth-order valence-corrected chi connectivity index (χ4v) is 3.48. The molecule has 0 spiro atoms. The van der Waals surface area contributed by atoms with E-state index in [0.29, 0.717) is 5.56 Å². The first kappa shape index (κ1) is 24.8. The van der Waals surface area contributed by atoms with Gasteiger partial charge in [-0.3, -0.25) is 14.6 Å². The van der Waals surface area contributed by atoms with E-state index in [1.54, 1.807) is 24.5 Å². The van der Waals surface area contributed by atoms with Gasteiger partial charge in [-0.25, -0.2) is 4.68 Å². The molecule has 0 aliphatic rings. The van der Waals surface area contributed by atoms with Crippen LogP contribution >= 0.6 is 0 Å². The number of amides is 1. The van der Waals surface area contributed by atoms with Gasteiger partial charge in [0.05, 0.1) is 11.3 Å². The molecule has 4 aromatic rings. The normalized spacial score (nSPS) is 12.5. The summed E-state index contributed by atoms with van der Waals surface area (Å²) in [5, 5.41) is 10.7. The molecule has 3 heterocycles. The molecule has 0 aliphatic carbocycles. The van der Waals surface area contributed by atoms with Gasteiger partial charge in [-0.05, 0) is 43.2 Å². The second-order valence-electron chi connectivity index (χ2n) is 8.35. The number of nitrogens with zero attached hydrogens (tertiary/aromatic N) is 5. The summed E-state index contributed by atoms with van der Waals surface area (Å²) in [6.45, 7) is 5.12. The minimum Gasteiger partial charge on any atom is -0.338 e. The quantitative estimate of drug-likeness (QED) is 0.425. The van der Waals surface area contributed by atoms with Gasteiger partial charge in [0.2, 0.25) is 17.1 Å². The van der Waals surface area contributed by atoms with Crippen molar-refractivity contribution in [3.05, 3.63) is 87.9 Å². The zero-order valence-corrected chi connectivity index (χ0v) is 19.4. The lowest BCUT2D eigenvalue weighted by Crippen LogP contribution is -2.36. The monoisotopic (exact) mass is 498 g/mol. The smallest absolute Gasteiger partial charge is 0.338 e. The van der Waals surface area contributed by atoms with Crippen molar-refractivity contribution in [2.75, 3.05) is 0 Å². The SMILES string of the molecule is Cc1cc(=O)c(C(=O)NC(c2nc(-c3cccnc3)no2)C(C)C)nn1-c1cccc(C(F)(F)F)c1. The van der Waals surface area contributed by atoms with Gasteiger partial charge in [-0.15, -0.1) is 0 Å². The Labute approximate surface area is 203 Å². The molecule has 0 radical (unpaired) electrons. The Kier molecular flexibility index (Phi) is 6.69. The maximum Gasteiger partial charge on any atom is 0.416 e. The number of aryl methyl sites for hydroxylation is 1. The van der Waals surface area contributed by atoms with E-state index >= 15 is 0 Å². The highest BCUT2D eigenvalue weighted by Crippen LogP contribution is 2.30. The lowest BCUT2D eigenvalue weighted by molar-refractivity contribution is -0.137. The number of benzene rings is 1. The average Bonchev–Trinajstić information content (AvgIpc) is 3.32. The molecule has 4 rings (SSSR count). The molecular formula is C24H21F3N6O3. The second-order valence-corrected chi connectivity index (χ2v) is 8.35. The summed E-state index contributed by atoms with van der Waals surface area (Å²) in [5.41, 5.74) is -1.13. The summed E-state index contributed by atoms with van der Waals surface area (Å²) in [5.74, 6) is -0.659. The summed E-state index contributed by atoms with van der Waals surface area (Å²) in [6, 6.07) is 8.27. The van der Waals surface area contributed by atoms with E-state index in [0.717, 1.165) is 22.9 Å². The first-order chi connectivity index (χ1) is 17.0. The number of carbonyl (C=O) groups is 1. The van der Waals surface area contributed by atoms with E-state index in [1.807, 2.05) is 13.8 Å². The van der Waals surface area contributed by atoms with Gasteiger partial charge in [0.1, 0.15) is 6.04 Å². The van der Waals surface area contributed by atoms with Crippen molar-refractivity contribution < 1.29 is 22.5 Å². The largest absolute Gasteiger partial charge is 0.416 e. The van der Waals surface area contributed by atoms with Crippen LogP contribution in [0.15, 0.2) is 64.2 Å². The van der Waals surface area contributed by atoms with Crippen molar-refractivity contribution >= 4 is 5.91 Å². The van der Waals surface area contributed by atoms with Crippen LogP contribution < -0.4 is 10.7 Å². The summed E-state index contributed by atoms with van der Waals surface area (Å²) in [7, 11) is 0. The topological polar surface area (TPSA) is 116 Å². The van der Waals surface area contributed by atoms with Gasteiger partial charge < -0.3 is 9.84 Å². The van der Waals surface area contributed by atoms with Crippen molar-refractivity contribution in [1.82, 2.24) is 30.2 Å². The maximum absolute atomic E-state index is 13.2. The molecule has 36 heavy (non-hydrogen) atoms. The van der Waals surface area contributed by atoms with E-state index in [-0.39, 0.29) is 29.0 Å². The Balaban J connectivity index is 1.65. The van der Waals surface area contributed by atoms with Crippen molar-refractivity contribution in [1.29, 1.82) is 0 Å². The van der Waals surface area contributed by atoms with E-state index < -0.39 is 34.8 Å². The minimum absolute atomic E-state index is 0.0507. The third kappa shape index (κ3) is 5.16. The Bertz CT molecular complexity index is 1450. The third-order valence-electron chi connectivity index (χ3n) is 5.32. The Hall–Kier alpha value is -4.35. The lowest BCUT2D eigenvalue weighted by atomic mass is 10.0. The molecule has 0 aliphatic heterocycles. The number of hydrogen-bond donors (Lipinski definition) is 1. The summed E-state index contributed by atoms with van der Waals surface area (Å²) >= 11 is 0. The molecule has 1 unspecified atom stereocenters. The molecule has 9 nitrogen and oxygen atoms in total. The van der Waals surface area contributed by atoms with Crippen LogP contribution in [0, 0.1) is 12.8 Å². The summed E-state index contributed by atoms with van der Waals surface area (Å²) in [6.07, 6.45) is -1.40. The number of alkyl halides is 3. The Morgan fingerprint density at radius 3 is 2.58 bits per heavy atom. The van der Waals surface area contributed by atoms with Gasteiger partial charge >= 0.3 is 6.18 Å². The van der Waals surface area contributed by atoms with Crippen molar-refractivity contribution in [3.63, 3.8) is 0 Å². The first-order valence-electron chi connectivity index (χ1n) is 10.9. The molecule has 1 atom stereocenters. The van der Waals surface area contributed by atoms with E-state index in [1.165, 1.54) is 19.1 Å². The second kappa shape index (κ2) is 9.72. The standard InChI is InChI=1S/C24H21F3N6O3/c1-13(2)19(23-30-21(32-36-23)15-6-5-9-28-12-15)29-22(35)20-18(34)10-14(3)33(31-20)17-8-4-7-16(11-17)24(25,26)27/h4-13,19H,1-3H3,(H,29,35). The van der Waals surface area contributed by atoms with Crippen LogP contribution in [0.25, 0.3) is 17.1 Å². The molecule has 0 saturated carbocycles. The van der Waals surface area contributed by atoms with Crippen LogP contribution in [-0.2, 0) is 6.18 Å². The number of halogens is 3. The Morgan fingerprint density at radius 1 is 1.14 bits per heavy atom. The fraction of sp³-hybridized carbons (Fsp3) is 0.250. The number of aromatic nitrogens is 5. The fourth-order valence-electron chi connectivity index (χ4n) is 3.48. The van der Waals surface area contributed by atoms with Gasteiger partial charge in [0, 0.05) is 29.7 Å². The van der Waals surface area contributed by atoms with Crippen LogP contribution in [-0.4, -0.2) is 30.8 Å². The molecule has 1 aromatic carbocycles. The predicted octanol–water partition coefficient (Wildman–Crippen LogP) is 4.13. The van der Waals surface area contributed by atoms with E-state index in [4.69, 9.17) is 4.52 Å². The highest BCUT2D eigenvalue weighted by Gasteiger charge is 2.31. The van der Waals surface area contributed by atoms with Crippen molar-refractivity contribution in [2.45, 2.75) is 33.0 Å². The molecule has 0 fully saturated rings. The average molecular weight is 498 g/mol. The molecule has 12 heteroatoms. The molecule has 0 bridgehead atoms. The number of hydrogen-bond acceptors (Lipinski definition) is 7. The first-order valence-corrected chi connectivity index (χ1v) is 10.9. The zero-order valence-electron chi connectivity index (χ0n) is 19.4. The van der Waals surface area contributed by atoms with Crippen LogP contribution in [0.1, 0.15) is 47.5 Å². The van der Waals surface area contributed by atoms with Crippen LogP contribution in [0.4, 0.5) is 13.2 Å². The van der Waals surface area contributed by atoms with E-state index in [9.17, 15) is 22.8 Å². The molecule has 0 saturated heterocycles. The molecular weight excluding hydrogens is 477 g/mol. The minimum atomic E-state index is -4.56. The predicted molar refractivity (Wildman–Crippen MR) is 122 cm³/mol. The van der Waals surface area contributed by atoms with Crippen LogP contribution in [0.5, 0.6) is 0 Å².